The fourth-order valence-electron chi connectivity index (χ4n) is 2.81. The van der Waals surface area contributed by atoms with E-state index in [2.05, 4.69) is 15.7 Å². The monoisotopic (exact) mass is 414 g/mol. The number of benzene rings is 3. The van der Waals surface area contributed by atoms with Crippen LogP contribution in [0.3, 0.4) is 0 Å². The minimum absolute atomic E-state index is 0.192. The Labute approximate surface area is 179 Å². The number of anilines is 1. The summed E-state index contributed by atoms with van der Waals surface area (Å²) in [7, 11) is 0. The molecule has 0 saturated heterocycles. The molecule has 0 bridgehead atoms. The first-order chi connectivity index (χ1) is 14.7. The zero-order valence-corrected chi connectivity index (χ0v) is 16.7. The van der Waals surface area contributed by atoms with Crippen molar-refractivity contribution in [3.8, 4) is 17.2 Å². The van der Waals surface area contributed by atoms with Crippen molar-refractivity contribution in [2.24, 2.45) is 0 Å². The molecule has 0 atom stereocenters. The number of thiocarbonyl (C=S) groups is 1. The SMILES string of the molecule is O=C(NC(=S)Nc1ccc(Oc2ccccc2)cc1)c1ccnn1-c1ccccc1. The zero-order chi connectivity index (χ0) is 20.8. The normalized spacial score (nSPS) is 10.3. The van der Waals surface area contributed by atoms with Crippen LogP contribution in [0.25, 0.3) is 5.69 Å². The van der Waals surface area contributed by atoms with Crippen molar-refractivity contribution < 1.29 is 9.53 Å². The van der Waals surface area contributed by atoms with E-state index in [1.165, 1.54) is 0 Å². The topological polar surface area (TPSA) is 68.2 Å². The molecule has 2 N–H and O–H groups in total. The molecule has 0 aliphatic carbocycles. The summed E-state index contributed by atoms with van der Waals surface area (Å²) in [6, 6.07) is 27.9. The second kappa shape index (κ2) is 9.02. The van der Waals surface area contributed by atoms with Gasteiger partial charge in [-0.15, -0.1) is 0 Å². The van der Waals surface area contributed by atoms with Crippen LogP contribution in [-0.4, -0.2) is 20.8 Å². The van der Waals surface area contributed by atoms with Crippen LogP contribution < -0.4 is 15.4 Å². The van der Waals surface area contributed by atoms with E-state index in [1.54, 1.807) is 16.9 Å². The van der Waals surface area contributed by atoms with Crippen molar-refractivity contribution in [2.45, 2.75) is 0 Å². The van der Waals surface area contributed by atoms with Crippen LogP contribution in [-0.2, 0) is 0 Å². The molecule has 3 aromatic carbocycles. The second-order valence-corrected chi connectivity index (χ2v) is 6.72. The molecule has 1 amide bonds. The predicted octanol–water partition coefficient (Wildman–Crippen LogP) is 4.79. The maximum atomic E-state index is 12.6. The van der Waals surface area contributed by atoms with Gasteiger partial charge in [0, 0.05) is 5.69 Å². The first kappa shape index (κ1) is 19.4. The lowest BCUT2D eigenvalue weighted by Gasteiger charge is -2.11. The molecule has 4 rings (SSSR count). The Kier molecular flexibility index (Phi) is 5.82. The number of carbonyl (C=O) groups is 1. The maximum Gasteiger partial charge on any atom is 0.276 e. The lowest BCUT2D eigenvalue weighted by atomic mass is 10.3. The Morgan fingerprint density at radius 1 is 0.833 bits per heavy atom. The van der Waals surface area contributed by atoms with Crippen LogP contribution in [0.15, 0.2) is 97.2 Å². The number of ether oxygens (including phenoxy) is 1. The summed E-state index contributed by atoms with van der Waals surface area (Å²) < 4.78 is 7.33. The molecule has 148 valence electrons. The van der Waals surface area contributed by atoms with Gasteiger partial charge < -0.3 is 10.1 Å². The van der Waals surface area contributed by atoms with Gasteiger partial charge in [-0.3, -0.25) is 10.1 Å². The molecule has 0 fully saturated rings. The van der Waals surface area contributed by atoms with Crippen LogP contribution in [0.5, 0.6) is 11.5 Å². The van der Waals surface area contributed by atoms with Gasteiger partial charge in [-0.1, -0.05) is 36.4 Å². The fourth-order valence-corrected chi connectivity index (χ4v) is 3.02. The van der Waals surface area contributed by atoms with Crippen LogP contribution in [0, 0.1) is 0 Å². The predicted molar refractivity (Wildman–Crippen MR) is 120 cm³/mol. The van der Waals surface area contributed by atoms with E-state index in [1.807, 2.05) is 84.9 Å². The Morgan fingerprint density at radius 2 is 1.47 bits per heavy atom. The molecule has 30 heavy (non-hydrogen) atoms. The molecule has 0 spiro atoms. The average molecular weight is 414 g/mol. The quantitative estimate of drug-likeness (QED) is 0.460. The number of para-hydroxylation sites is 2. The van der Waals surface area contributed by atoms with Crippen molar-refractivity contribution in [2.75, 3.05) is 5.32 Å². The number of amides is 1. The van der Waals surface area contributed by atoms with Crippen LogP contribution in [0.1, 0.15) is 10.5 Å². The van der Waals surface area contributed by atoms with E-state index in [0.29, 0.717) is 11.4 Å². The highest BCUT2D eigenvalue weighted by Crippen LogP contribution is 2.22. The molecule has 0 unspecified atom stereocenters. The van der Waals surface area contributed by atoms with Crippen molar-refractivity contribution >= 4 is 28.9 Å². The van der Waals surface area contributed by atoms with E-state index in [0.717, 1.165) is 17.1 Å². The van der Waals surface area contributed by atoms with Crippen LogP contribution in [0.2, 0.25) is 0 Å². The molecule has 6 nitrogen and oxygen atoms in total. The van der Waals surface area contributed by atoms with Gasteiger partial charge in [0.1, 0.15) is 17.2 Å². The van der Waals surface area contributed by atoms with Gasteiger partial charge in [-0.05, 0) is 66.8 Å². The maximum absolute atomic E-state index is 12.6. The van der Waals surface area contributed by atoms with E-state index < -0.39 is 0 Å². The molecule has 0 aliphatic rings. The second-order valence-electron chi connectivity index (χ2n) is 6.31. The summed E-state index contributed by atoms with van der Waals surface area (Å²) in [4.78, 5) is 12.6. The molecule has 0 radical (unpaired) electrons. The van der Waals surface area contributed by atoms with Gasteiger partial charge in [0.25, 0.3) is 5.91 Å². The third-order valence-corrected chi connectivity index (χ3v) is 4.40. The number of carbonyl (C=O) groups excluding carboxylic acids is 1. The van der Waals surface area contributed by atoms with E-state index in [-0.39, 0.29) is 11.0 Å². The molecular weight excluding hydrogens is 396 g/mol. The van der Waals surface area contributed by atoms with Crippen molar-refractivity contribution in [3.63, 3.8) is 0 Å². The van der Waals surface area contributed by atoms with Crippen LogP contribution in [0.4, 0.5) is 5.69 Å². The minimum atomic E-state index is -0.349. The highest BCUT2D eigenvalue weighted by Gasteiger charge is 2.14. The molecule has 4 aromatic rings. The number of rotatable bonds is 5. The summed E-state index contributed by atoms with van der Waals surface area (Å²) in [6.07, 6.45) is 1.57. The fraction of sp³-hybridized carbons (Fsp3) is 0. The van der Waals surface area contributed by atoms with Gasteiger partial charge in [-0.2, -0.15) is 5.10 Å². The third-order valence-electron chi connectivity index (χ3n) is 4.19. The Bertz CT molecular complexity index is 1140. The molecule has 0 aliphatic heterocycles. The summed E-state index contributed by atoms with van der Waals surface area (Å²) in [5.41, 5.74) is 1.91. The molecule has 1 heterocycles. The summed E-state index contributed by atoms with van der Waals surface area (Å²) in [6.45, 7) is 0. The Morgan fingerprint density at radius 3 is 2.17 bits per heavy atom. The summed E-state index contributed by atoms with van der Waals surface area (Å²) >= 11 is 5.28. The van der Waals surface area contributed by atoms with Crippen molar-refractivity contribution in [1.29, 1.82) is 0 Å². The number of hydrogen-bond acceptors (Lipinski definition) is 4. The number of hydrogen-bond donors (Lipinski definition) is 2. The summed E-state index contributed by atoms with van der Waals surface area (Å²) in [5, 5.41) is 10.1. The van der Waals surface area contributed by atoms with E-state index in [4.69, 9.17) is 17.0 Å². The van der Waals surface area contributed by atoms with Gasteiger partial charge in [-0.25, -0.2) is 4.68 Å². The molecule has 0 saturated carbocycles. The lowest BCUT2D eigenvalue weighted by Crippen LogP contribution is -2.35. The standard InChI is InChI=1S/C23H18N4O2S/c28-22(21-15-16-24-27(21)18-7-3-1-4-8-18)26-23(30)25-17-11-13-20(14-12-17)29-19-9-5-2-6-10-19/h1-16H,(H2,25,26,28,30). The lowest BCUT2D eigenvalue weighted by molar-refractivity contribution is 0.0970. The molecule has 7 heteroatoms. The minimum Gasteiger partial charge on any atom is -0.457 e. The van der Waals surface area contributed by atoms with Gasteiger partial charge in [0.05, 0.1) is 11.9 Å². The largest absolute Gasteiger partial charge is 0.457 e. The Balaban J connectivity index is 1.37. The highest BCUT2D eigenvalue weighted by molar-refractivity contribution is 7.80. The zero-order valence-electron chi connectivity index (χ0n) is 15.9. The molecule has 1 aromatic heterocycles. The van der Waals surface area contributed by atoms with Gasteiger partial charge >= 0.3 is 0 Å². The summed E-state index contributed by atoms with van der Waals surface area (Å²) in [5.74, 6) is 1.11. The third kappa shape index (κ3) is 4.71. The number of aromatic nitrogens is 2. The average Bonchev–Trinajstić information content (AvgIpc) is 3.27. The van der Waals surface area contributed by atoms with E-state index in [9.17, 15) is 4.79 Å². The smallest absolute Gasteiger partial charge is 0.276 e. The van der Waals surface area contributed by atoms with Crippen molar-refractivity contribution in [1.82, 2.24) is 15.1 Å². The van der Waals surface area contributed by atoms with Gasteiger partial charge in [0.15, 0.2) is 5.11 Å². The van der Waals surface area contributed by atoms with Crippen LogP contribution >= 0.6 is 12.2 Å². The Hall–Kier alpha value is -3.97. The van der Waals surface area contributed by atoms with E-state index >= 15 is 0 Å². The molecular formula is C23H18N4O2S. The highest BCUT2D eigenvalue weighted by atomic mass is 32.1. The number of nitrogens with one attached hydrogen (secondary N) is 2. The van der Waals surface area contributed by atoms with Crippen molar-refractivity contribution in [3.05, 3.63) is 103 Å². The van der Waals surface area contributed by atoms with Gasteiger partial charge in [0.2, 0.25) is 0 Å². The first-order valence-corrected chi connectivity index (χ1v) is 9.64. The first-order valence-electron chi connectivity index (χ1n) is 9.24. The number of nitrogens with zero attached hydrogens (tertiary/aromatic N) is 2.